The molecule has 6 heteroatoms. The molecule has 4 nitrogen and oxygen atoms in total. The van der Waals surface area contributed by atoms with E-state index in [2.05, 4.69) is 21.2 Å². The third kappa shape index (κ3) is 3.23. The van der Waals surface area contributed by atoms with Crippen molar-refractivity contribution in [3.05, 3.63) is 51.5 Å². The van der Waals surface area contributed by atoms with Crippen LogP contribution in [0.15, 0.2) is 40.9 Å². The van der Waals surface area contributed by atoms with Crippen molar-refractivity contribution in [2.24, 2.45) is 0 Å². The number of methoxy groups -OCH3 is 1. The van der Waals surface area contributed by atoms with Gasteiger partial charge in [-0.25, -0.2) is 0 Å². The summed E-state index contributed by atoms with van der Waals surface area (Å²) in [6, 6.07) is 10.0. The average Bonchev–Trinajstić information content (AvgIpc) is 2.43. The van der Waals surface area contributed by atoms with E-state index in [0.29, 0.717) is 32.2 Å². The Morgan fingerprint density at radius 2 is 2.05 bits per heavy atom. The van der Waals surface area contributed by atoms with E-state index in [1.807, 2.05) is 0 Å². The number of hydrogen-bond donors (Lipinski definition) is 2. The van der Waals surface area contributed by atoms with Gasteiger partial charge in [0.15, 0.2) is 0 Å². The zero-order chi connectivity index (χ0) is 14.7. The fraction of sp³-hybridized carbons (Fsp3) is 0.0714. The van der Waals surface area contributed by atoms with Crippen molar-refractivity contribution in [3.8, 4) is 5.75 Å². The van der Waals surface area contributed by atoms with E-state index in [1.165, 1.54) is 0 Å². The minimum absolute atomic E-state index is 0.306. The first kappa shape index (κ1) is 14.7. The second kappa shape index (κ2) is 6.15. The Morgan fingerprint density at radius 3 is 2.75 bits per heavy atom. The summed E-state index contributed by atoms with van der Waals surface area (Å²) in [5.41, 5.74) is 7.20. The van der Waals surface area contributed by atoms with Crippen LogP contribution in [0, 0.1) is 0 Å². The van der Waals surface area contributed by atoms with Crippen LogP contribution < -0.4 is 15.8 Å². The largest absolute Gasteiger partial charge is 0.497 e. The summed E-state index contributed by atoms with van der Waals surface area (Å²) in [7, 11) is 1.55. The number of amides is 1. The minimum Gasteiger partial charge on any atom is -0.497 e. The predicted octanol–water partition coefficient (Wildman–Crippen LogP) is 3.95. The number of nitrogen functional groups attached to an aromatic ring is 1. The number of halogens is 2. The molecule has 0 spiro atoms. The van der Waals surface area contributed by atoms with Crippen LogP contribution in [-0.4, -0.2) is 13.0 Å². The number of hydrogen-bond acceptors (Lipinski definition) is 3. The number of nitrogens with one attached hydrogen (secondary N) is 1. The van der Waals surface area contributed by atoms with E-state index in [-0.39, 0.29) is 5.91 Å². The van der Waals surface area contributed by atoms with Crippen molar-refractivity contribution in [1.82, 2.24) is 0 Å². The molecule has 2 rings (SSSR count). The first-order valence-corrected chi connectivity index (χ1v) is 6.88. The lowest BCUT2D eigenvalue weighted by Gasteiger charge is -2.11. The van der Waals surface area contributed by atoms with Gasteiger partial charge in [0, 0.05) is 15.6 Å². The molecule has 0 aromatic heterocycles. The van der Waals surface area contributed by atoms with Gasteiger partial charge < -0.3 is 15.8 Å². The van der Waals surface area contributed by atoms with Gasteiger partial charge in [0.05, 0.1) is 24.0 Å². The molecule has 0 aliphatic rings. The van der Waals surface area contributed by atoms with Gasteiger partial charge in [-0.1, -0.05) is 11.6 Å². The van der Waals surface area contributed by atoms with E-state index in [4.69, 9.17) is 22.1 Å². The first-order chi connectivity index (χ1) is 9.51. The monoisotopic (exact) mass is 354 g/mol. The van der Waals surface area contributed by atoms with Gasteiger partial charge in [-0.05, 0) is 46.3 Å². The van der Waals surface area contributed by atoms with E-state index >= 15 is 0 Å². The number of anilines is 2. The highest BCUT2D eigenvalue weighted by molar-refractivity contribution is 9.10. The third-order valence-corrected chi connectivity index (χ3v) is 3.61. The molecule has 0 saturated carbocycles. The molecule has 0 unspecified atom stereocenters. The molecule has 0 atom stereocenters. The second-order valence-electron chi connectivity index (χ2n) is 4.03. The van der Waals surface area contributed by atoms with Crippen LogP contribution in [0.5, 0.6) is 5.75 Å². The van der Waals surface area contributed by atoms with Crippen LogP contribution in [-0.2, 0) is 0 Å². The third-order valence-electron chi connectivity index (χ3n) is 2.68. The maximum atomic E-state index is 12.2. The number of benzene rings is 2. The SMILES string of the molecule is COc1ccc(N)c(NC(=O)c2cc(Cl)ccc2Br)c1. The summed E-state index contributed by atoms with van der Waals surface area (Å²) in [5.74, 6) is 0.305. The molecule has 0 aliphatic carbocycles. The quantitative estimate of drug-likeness (QED) is 0.820. The number of rotatable bonds is 3. The predicted molar refractivity (Wildman–Crippen MR) is 84.5 cm³/mol. The number of nitrogens with two attached hydrogens (primary N) is 1. The van der Waals surface area contributed by atoms with E-state index in [0.717, 1.165) is 0 Å². The van der Waals surface area contributed by atoms with Crippen LogP contribution >= 0.6 is 27.5 Å². The van der Waals surface area contributed by atoms with Crippen molar-refractivity contribution in [1.29, 1.82) is 0 Å². The first-order valence-electron chi connectivity index (χ1n) is 5.71. The topological polar surface area (TPSA) is 64.3 Å². The van der Waals surface area contributed by atoms with Gasteiger partial charge in [0.25, 0.3) is 5.91 Å². The van der Waals surface area contributed by atoms with Crippen LogP contribution in [0.1, 0.15) is 10.4 Å². The summed E-state index contributed by atoms with van der Waals surface area (Å²) in [6.45, 7) is 0. The molecule has 20 heavy (non-hydrogen) atoms. The summed E-state index contributed by atoms with van der Waals surface area (Å²) >= 11 is 9.21. The van der Waals surface area contributed by atoms with Crippen LogP contribution in [0.2, 0.25) is 5.02 Å². The molecule has 0 radical (unpaired) electrons. The van der Waals surface area contributed by atoms with Gasteiger partial charge >= 0.3 is 0 Å². The molecule has 2 aromatic rings. The van der Waals surface area contributed by atoms with Crippen LogP contribution in [0.3, 0.4) is 0 Å². The maximum absolute atomic E-state index is 12.2. The molecule has 2 aromatic carbocycles. The van der Waals surface area contributed by atoms with E-state index in [1.54, 1.807) is 43.5 Å². The van der Waals surface area contributed by atoms with E-state index < -0.39 is 0 Å². The highest BCUT2D eigenvalue weighted by Gasteiger charge is 2.12. The van der Waals surface area contributed by atoms with E-state index in [9.17, 15) is 4.79 Å². The Morgan fingerprint density at radius 1 is 1.30 bits per heavy atom. The van der Waals surface area contributed by atoms with Crippen molar-refractivity contribution in [2.45, 2.75) is 0 Å². The Balaban J connectivity index is 2.30. The van der Waals surface area contributed by atoms with Crippen molar-refractivity contribution in [2.75, 3.05) is 18.2 Å². The van der Waals surface area contributed by atoms with Gasteiger partial charge in [-0.15, -0.1) is 0 Å². The smallest absolute Gasteiger partial charge is 0.256 e. The molecule has 3 N–H and O–H groups in total. The zero-order valence-electron chi connectivity index (χ0n) is 10.6. The Hall–Kier alpha value is -1.72. The van der Waals surface area contributed by atoms with Crippen molar-refractivity contribution >= 4 is 44.8 Å². The molecule has 0 aliphatic heterocycles. The van der Waals surface area contributed by atoms with Gasteiger partial charge in [-0.3, -0.25) is 4.79 Å². The standard InChI is InChI=1S/C14H12BrClN2O2/c1-20-9-3-5-12(17)13(7-9)18-14(19)10-6-8(16)2-4-11(10)15/h2-7H,17H2,1H3,(H,18,19). The second-order valence-corrected chi connectivity index (χ2v) is 5.32. The van der Waals surface area contributed by atoms with Crippen molar-refractivity contribution in [3.63, 3.8) is 0 Å². The molecule has 104 valence electrons. The van der Waals surface area contributed by atoms with Crippen molar-refractivity contribution < 1.29 is 9.53 Å². The molecule has 0 heterocycles. The number of ether oxygens (including phenoxy) is 1. The lowest BCUT2D eigenvalue weighted by Crippen LogP contribution is -2.14. The molecular formula is C14H12BrClN2O2. The Bertz CT molecular complexity index is 662. The van der Waals surface area contributed by atoms with Crippen LogP contribution in [0.4, 0.5) is 11.4 Å². The lowest BCUT2D eigenvalue weighted by molar-refractivity contribution is 0.102. The highest BCUT2D eigenvalue weighted by atomic mass is 79.9. The maximum Gasteiger partial charge on any atom is 0.256 e. The van der Waals surface area contributed by atoms with Crippen LogP contribution in [0.25, 0.3) is 0 Å². The van der Waals surface area contributed by atoms with Gasteiger partial charge in [0.2, 0.25) is 0 Å². The molecule has 0 saturated heterocycles. The Kier molecular flexibility index (Phi) is 4.52. The molecule has 0 fully saturated rings. The fourth-order valence-corrected chi connectivity index (χ4v) is 2.23. The Labute approximate surface area is 130 Å². The highest BCUT2D eigenvalue weighted by Crippen LogP contribution is 2.27. The summed E-state index contributed by atoms with van der Waals surface area (Å²) in [6.07, 6.45) is 0. The normalized spacial score (nSPS) is 10.2. The number of carbonyl (C=O) groups is 1. The zero-order valence-corrected chi connectivity index (χ0v) is 13.0. The fourth-order valence-electron chi connectivity index (χ4n) is 1.63. The summed E-state index contributed by atoms with van der Waals surface area (Å²) < 4.78 is 5.76. The van der Waals surface area contributed by atoms with Gasteiger partial charge in [-0.2, -0.15) is 0 Å². The summed E-state index contributed by atoms with van der Waals surface area (Å²) in [4.78, 5) is 12.2. The minimum atomic E-state index is -0.306. The summed E-state index contributed by atoms with van der Waals surface area (Å²) in [5, 5.41) is 3.22. The molecule has 1 amide bonds. The lowest BCUT2D eigenvalue weighted by atomic mass is 10.2. The van der Waals surface area contributed by atoms with Gasteiger partial charge in [0.1, 0.15) is 5.75 Å². The number of carbonyl (C=O) groups excluding carboxylic acids is 1. The molecule has 0 bridgehead atoms. The molecular weight excluding hydrogens is 344 g/mol. The average molecular weight is 356 g/mol.